The number of hydrogen-bond acceptors (Lipinski definition) is 7. The fourth-order valence-electron chi connectivity index (χ4n) is 4.16. The number of sulfonamides is 1. The zero-order valence-corrected chi connectivity index (χ0v) is 24.4. The number of nitrogens with one attached hydrogen (secondary N) is 4. The van der Waals surface area contributed by atoms with Crippen LogP contribution in [-0.4, -0.2) is 54.8 Å². The molecule has 10 nitrogen and oxygen atoms in total. The summed E-state index contributed by atoms with van der Waals surface area (Å²) >= 11 is 6.44. The Morgan fingerprint density at radius 3 is 2.55 bits per heavy atom. The number of halogens is 1. The highest BCUT2D eigenvalue weighted by Crippen LogP contribution is 2.33. The first kappa shape index (κ1) is 28.8. The third kappa shape index (κ3) is 6.95. The van der Waals surface area contributed by atoms with Crippen molar-refractivity contribution in [3.63, 3.8) is 0 Å². The van der Waals surface area contributed by atoms with Gasteiger partial charge in [0.25, 0.3) is 10.0 Å². The summed E-state index contributed by atoms with van der Waals surface area (Å²) in [5.74, 6) is 0.00187. The van der Waals surface area contributed by atoms with Crippen molar-refractivity contribution in [2.24, 2.45) is 0 Å². The SMILES string of the molecule is CN(C)C/C=C/C(=O)Nc1ccc(S(=O)(=O)Nc2cccc(Nc3ncc(Cl)c(-c4c[nH]c5ccccc45)n3)c2)cc1. The molecule has 0 aliphatic rings. The van der Waals surface area contributed by atoms with E-state index >= 15 is 0 Å². The summed E-state index contributed by atoms with van der Waals surface area (Å²) in [4.78, 5) is 26.2. The van der Waals surface area contributed by atoms with Crippen LogP contribution in [0.25, 0.3) is 22.2 Å². The molecule has 12 heteroatoms. The Bertz CT molecular complexity index is 1870. The van der Waals surface area contributed by atoms with E-state index in [2.05, 4.69) is 30.3 Å². The minimum atomic E-state index is -3.90. The first-order valence-electron chi connectivity index (χ1n) is 12.9. The van der Waals surface area contributed by atoms with Crippen molar-refractivity contribution in [3.05, 3.63) is 102 Å². The Morgan fingerprint density at radius 1 is 1.00 bits per heavy atom. The Balaban J connectivity index is 1.28. The van der Waals surface area contributed by atoms with Crippen molar-refractivity contribution in [2.45, 2.75) is 4.90 Å². The number of amides is 1. The van der Waals surface area contributed by atoms with Gasteiger partial charge in [0.2, 0.25) is 11.9 Å². The first-order valence-corrected chi connectivity index (χ1v) is 14.8. The molecule has 0 bridgehead atoms. The van der Waals surface area contributed by atoms with Crippen LogP contribution in [0.3, 0.4) is 0 Å². The van der Waals surface area contributed by atoms with Crippen LogP contribution < -0.4 is 15.4 Å². The fourth-order valence-corrected chi connectivity index (χ4v) is 5.40. The predicted molar refractivity (Wildman–Crippen MR) is 168 cm³/mol. The maximum absolute atomic E-state index is 13.1. The van der Waals surface area contributed by atoms with E-state index in [-0.39, 0.29) is 10.8 Å². The number of aromatic nitrogens is 3. The quantitative estimate of drug-likeness (QED) is 0.147. The topological polar surface area (TPSA) is 132 Å². The third-order valence-corrected chi connectivity index (χ3v) is 7.81. The van der Waals surface area contributed by atoms with Crippen molar-refractivity contribution >= 4 is 61.4 Å². The molecule has 0 aliphatic carbocycles. The Kier molecular flexibility index (Phi) is 8.53. The number of carbonyl (C=O) groups is 1. The standard InChI is InChI=1S/C30H28ClN7O3S/c1-38(2)16-6-11-28(39)34-20-12-14-23(15-13-20)42(40,41)37-22-8-5-7-21(17-22)35-30-33-19-26(31)29(36-30)25-18-32-27-10-4-3-9-24(25)27/h3-15,17-19,32,37H,16H2,1-2H3,(H,34,39)(H,33,35,36)/b11-6+. The Morgan fingerprint density at radius 2 is 1.76 bits per heavy atom. The number of anilines is 4. The lowest BCUT2D eigenvalue weighted by atomic mass is 10.1. The van der Waals surface area contributed by atoms with Gasteiger partial charge in [0.1, 0.15) is 0 Å². The molecule has 0 spiro atoms. The Labute approximate surface area is 248 Å². The van der Waals surface area contributed by atoms with Crippen LogP contribution in [0, 0.1) is 0 Å². The van der Waals surface area contributed by atoms with Crippen LogP contribution >= 0.6 is 11.6 Å². The van der Waals surface area contributed by atoms with Crippen molar-refractivity contribution in [1.29, 1.82) is 0 Å². The second-order valence-electron chi connectivity index (χ2n) is 9.63. The van der Waals surface area contributed by atoms with Crippen LogP contribution in [0.4, 0.5) is 23.0 Å². The fraction of sp³-hybridized carbons (Fsp3) is 0.100. The normalized spacial score (nSPS) is 11.7. The molecular formula is C30H28ClN7O3S. The molecule has 2 aromatic heterocycles. The van der Waals surface area contributed by atoms with Gasteiger partial charge in [-0.1, -0.05) is 41.9 Å². The number of rotatable bonds is 10. The molecule has 0 saturated heterocycles. The van der Waals surface area contributed by atoms with Crippen molar-refractivity contribution in [2.75, 3.05) is 36.0 Å². The highest BCUT2D eigenvalue weighted by Gasteiger charge is 2.16. The molecule has 0 aliphatic heterocycles. The van der Waals surface area contributed by atoms with Crippen molar-refractivity contribution in [1.82, 2.24) is 19.9 Å². The smallest absolute Gasteiger partial charge is 0.261 e. The number of H-pyrrole nitrogens is 1. The molecule has 0 fully saturated rings. The monoisotopic (exact) mass is 601 g/mol. The summed E-state index contributed by atoms with van der Waals surface area (Å²) in [5, 5.41) is 7.21. The number of likely N-dealkylation sites (N-methyl/N-ethyl adjacent to an activating group) is 1. The van der Waals surface area contributed by atoms with Crippen molar-refractivity contribution < 1.29 is 13.2 Å². The van der Waals surface area contributed by atoms with Gasteiger partial charge in [-0.05, 0) is 62.6 Å². The lowest BCUT2D eigenvalue weighted by Gasteiger charge is -2.12. The van der Waals surface area contributed by atoms with Crippen LogP contribution in [0.5, 0.6) is 0 Å². The van der Waals surface area contributed by atoms with Gasteiger partial charge in [0.15, 0.2) is 0 Å². The van der Waals surface area contributed by atoms with E-state index in [1.54, 1.807) is 30.3 Å². The van der Waals surface area contributed by atoms with E-state index in [0.717, 1.165) is 16.5 Å². The number of benzene rings is 3. The lowest BCUT2D eigenvalue weighted by Crippen LogP contribution is -2.14. The van der Waals surface area contributed by atoms with E-state index in [1.807, 2.05) is 49.5 Å². The number of para-hydroxylation sites is 1. The second kappa shape index (κ2) is 12.4. The maximum Gasteiger partial charge on any atom is 0.261 e. The molecule has 1 amide bonds. The summed E-state index contributed by atoms with van der Waals surface area (Å²) < 4.78 is 28.7. The highest BCUT2D eigenvalue weighted by atomic mass is 35.5. The molecule has 0 atom stereocenters. The molecule has 0 saturated carbocycles. The zero-order valence-electron chi connectivity index (χ0n) is 22.8. The van der Waals surface area contributed by atoms with Crippen LogP contribution in [0.2, 0.25) is 5.02 Å². The van der Waals surface area contributed by atoms with E-state index in [9.17, 15) is 13.2 Å². The molecule has 214 valence electrons. The van der Waals surface area contributed by atoms with Gasteiger partial charge in [-0.2, -0.15) is 0 Å². The molecule has 2 heterocycles. The van der Waals surface area contributed by atoms with Gasteiger partial charge in [-0.3, -0.25) is 9.52 Å². The number of carbonyl (C=O) groups excluding carboxylic acids is 1. The molecule has 3 aromatic carbocycles. The minimum Gasteiger partial charge on any atom is -0.360 e. The summed E-state index contributed by atoms with van der Waals surface area (Å²) in [5.41, 5.74) is 3.76. The predicted octanol–water partition coefficient (Wildman–Crippen LogP) is 5.88. The number of nitrogens with zero attached hydrogens (tertiary/aromatic N) is 3. The van der Waals surface area contributed by atoms with E-state index in [4.69, 9.17) is 11.6 Å². The molecule has 4 N–H and O–H groups in total. The number of fused-ring (bicyclic) bond motifs is 1. The molecule has 5 aromatic rings. The average molecular weight is 602 g/mol. The van der Waals surface area contributed by atoms with E-state index in [0.29, 0.717) is 40.3 Å². The zero-order chi connectivity index (χ0) is 29.7. The summed E-state index contributed by atoms with van der Waals surface area (Å²) in [6.07, 6.45) is 6.54. The van der Waals surface area contributed by atoms with Gasteiger partial charge in [-0.15, -0.1) is 0 Å². The molecule has 0 radical (unpaired) electrons. The van der Waals surface area contributed by atoms with Gasteiger partial charge in [-0.25, -0.2) is 18.4 Å². The number of hydrogen-bond donors (Lipinski definition) is 4. The molecule has 0 unspecified atom stereocenters. The summed E-state index contributed by atoms with van der Waals surface area (Å²) in [6.45, 7) is 0.631. The van der Waals surface area contributed by atoms with Crippen LogP contribution in [0.1, 0.15) is 0 Å². The second-order valence-corrected chi connectivity index (χ2v) is 11.7. The lowest BCUT2D eigenvalue weighted by molar-refractivity contribution is -0.111. The van der Waals surface area contributed by atoms with Gasteiger partial charge < -0.3 is 20.5 Å². The molecule has 42 heavy (non-hydrogen) atoms. The average Bonchev–Trinajstić information content (AvgIpc) is 3.38. The largest absolute Gasteiger partial charge is 0.360 e. The maximum atomic E-state index is 13.1. The number of aromatic amines is 1. The summed E-state index contributed by atoms with van der Waals surface area (Å²) in [6, 6.07) is 20.5. The first-order chi connectivity index (χ1) is 20.2. The third-order valence-electron chi connectivity index (χ3n) is 6.13. The van der Waals surface area contributed by atoms with Crippen LogP contribution in [-0.2, 0) is 14.8 Å². The van der Waals surface area contributed by atoms with Gasteiger partial charge in [0.05, 0.1) is 27.5 Å². The minimum absolute atomic E-state index is 0.0476. The summed E-state index contributed by atoms with van der Waals surface area (Å²) in [7, 11) is -0.0947. The van der Waals surface area contributed by atoms with Gasteiger partial charge in [0, 0.05) is 46.7 Å². The molecule has 5 rings (SSSR count). The van der Waals surface area contributed by atoms with Crippen LogP contribution in [0.15, 0.2) is 102 Å². The highest BCUT2D eigenvalue weighted by molar-refractivity contribution is 7.92. The van der Waals surface area contributed by atoms with E-state index < -0.39 is 10.0 Å². The van der Waals surface area contributed by atoms with E-state index in [1.165, 1.54) is 36.5 Å². The Hall–Kier alpha value is -4.71. The van der Waals surface area contributed by atoms with Crippen molar-refractivity contribution in [3.8, 4) is 11.3 Å². The molecular weight excluding hydrogens is 574 g/mol. The van der Waals surface area contributed by atoms with Gasteiger partial charge >= 0.3 is 0 Å².